The SMILES string of the molecule is CCC1=C(C)c2nc1cc1[n-]c(c(C)c1CC)c(-c1ccc(C#Cc3ccccc3)cc1)c1[n-]c(cc3nc(c2-c2cc(C(C)(C)C)cc(C(C)(C)C)c2)C(C)=C3CC)c(CC)c1C.[Zn+2]. The fraction of sp³-hybridized carbons (Fsp3) is 0.333. The van der Waals surface area contributed by atoms with Gasteiger partial charge >= 0.3 is 19.5 Å². The molecule has 0 N–H and O–H groups in total. The second-order valence-corrected chi connectivity index (χ2v) is 19.7. The van der Waals surface area contributed by atoms with Crippen LogP contribution in [0.15, 0.2) is 84.9 Å². The van der Waals surface area contributed by atoms with E-state index in [0.717, 1.165) is 104 Å². The van der Waals surface area contributed by atoms with Crippen LogP contribution in [0.3, 0.4) is 0 Å². The molecule has 5 heteroatoms. The molecule has 0 atom stereocenters. The van der Waals surface area contributed by atoms with E-state index >= 15 is 0 Å². The van der Waals surface area contributed by atoms with E-state index in [2.05, 4.69) is 163 Å². The predicted octanol–water partition coefficient (Wildman–Crippen LogP) is 15.3. The van der Waals surface area contributed by atoms with Crippen LogP contribution in [0.2, 0.25) is 0 Å². The molecule has 0 unspecified atom stereocenters. The van der Waals surface area contributed by atoms with Crippen molar-refractivity contribution in [2.45, 2.75) is 133 Å². The Labute approximate surface area is 401 Å². The summed E-state index contributed by atoms with van der Waals surface area (Å²) in [5.41, 5.74) is 26.4. The van der Waals surface area contributed by atoms with Crippen molar-refractivity contribution >= 4 is 44.4 Å². The maximum absolute atomic E-state index is 5.68. The van der Waals surface area contributed by atoms with Gasteiger partial charge in [-0.25, -0.2) is 9.97 Å². The van der Waals surface area contributed by atoms with Crippen molar-refractivity contribution in [3.8, 4) is 34.1 Å². The number of nitrogens with zero attached hydrogens (tertiary/aromatic N) is 4. The van der Waals surface area contributed by atoms with E-state index in [4.69, 9.17) is 19.9 Å². The molecule has 0 radical (unpaired) electrons. The summed E-state index contributed by atoms with van der Waals surface area (Å²) in [5.74, 6) is 6.71. The Morgan fingerprint density at radius 1 is 0.492 bits per heavy atom. The van der Waals surface area contributed by atoms with E-state index in [9.17, 15) is 0 Å². The maximum Gasteiger partial charge on any atom is 2.00 e. The molecule has 0 amide bonds. The molecule has 0 spiro atoms. The van der Waals surface area contributed by atoms with Gasteiger partial charge < -0.3 is 9.97 Å². The second-order valence-electron chi connectivity index (χ2n) is 19.7. The Kier molecular flexibility index (Phi) is 13.4. The largest absolute Gasteiger partial charge is 2.00 e. The molecule has 326 valence electrons. The number of allylic oxidation sites excluding steroid dienone is 4. The molecule has 4 nitrogen and oxygen atoms in total. The first-order chi connectivity index (χ1) is 30.5. The van der Waals surface area contributed by atoms with Crippen LogP contribution in [0.4, 0.5) is 0 Å². The van der Waals surface area contributed by atoms with Gasteiger partial charge in [0, 0.05) is 16.7 Å². The van der Waals surface area contributed by atoms with Crippen molar-refractivity contribution in [3.63, 3.8) is 0 Å². The van der Waals surface area contributed by atoms with Crippen LogP contribution in [0.25, 0.3) is 66.6 Å². The Balaban J connectivity index is 0.00000630. The Morgan fingerprint density at radius 2 is 0.923 bits per heavy atom. The Bertz CT molecular complexity index is 2970. The minimum Gasteiger partial charge on any atom is -0.657 e. The number of fused-ring (bicyclic) bond motifs is 8. The molecule has 3 aromatic carbocycles. The van der Waals surface area contributed by atoms with Gasteiger partial charge in [0.25, 0.3) is 0 Å². The van der Waals surface area contributed by atoms with Gasteiger partial charge in [-0.15, -0.1) is 22.1 Å². The fourth-order valence-corrected chi connectivity index (χ4v) is 9.72. The molecular weight excluding hydrogens is 842 g/mol. The van der Waals surface area contributed by atoms with E-state index in [1.807, 2.05) is 30.3 Å². The van der Waals surface area contributed by atoms with Crippen LogP contribution in [0.5, 0.6) is 0 Å². The molecule has 8 rings (SSSR count). The van der Waals surface area contributed by atoms with Gasteiger partial charge in [0.05, 0.1) is 22.8 Å². The third-order valence-electron chi connectivity index (χ3n) is 13.6. The molecular formula is C60H64N4Zn. The Morgan fingerprint density at radius 3 is 1.32 bits per heavy atom. The van der Waals surface area contributed by atoms with Crippen LogP contribution in [-0.4, -0.2) is 9.97 Å². The van der Waals surface area contributed by atoms with Gasteiger partial charge in [0.1, 0.15) is 0 Å². The van der Waals surface area contributed by atoms with Gasteiger partial charge in [-0.2, -0.15) is 0 Å². The van der Waals surface area contributed by atoms with Crippen molar-refractivity contribution in [2.75, 3.05) is 0 Å². The summed E-state index contributed by atoms with van der Waals surface area (Å²) in [7, 11) is 0. The predicted molar refractivity (Wildman–Crippen MR) is 273 cm³/mol. The van der Waals surface area contributed by atoms with Crippen molar-refractivity contribution in [1.29, 1.82) is 0 Å². The molecule has 6 aromatic rings. The molecule has 2 aliphatic rings. The molecule has 5 heterocycles. The summed E-state index contributed by atoms with van der Waals surface area (Å²) in [6.45, 7) is 31.9. The van der Waals surface area contributed by atoms with Gasteiger partial charge in [0.2, 0.25) is 0 Å². The van der Waals surface area contributed by atoms with Crippen LogP contribution < -0.4 is 9.97 Å². The smallest absolute Gasteiger partial charge is 0.657 e. The van der Waals surface area contributed by atoms with Gasteiger partial charge in [0.15, 0.2) is 0 Å². The number of rotatable bonds is 6. The number of aromatic nitrogens is 4. The number of benzene rings is 3. The standard InChI is InChI=1S/C60H64N4.Zn/c1-15-45-35(5)55-53(41-28-26-40(27-29-41)25-24-39-22-20-19-21-23-39)56-36(6)46(16-2)50(62-56)34-52-48(18-4)38(8)58(64-52)54(57-37(7)47(17-3)51(63-57)33-49(45)61-55)42-30-43(59(9,10)11)32-44(31-42)60(12,13)14;/h19-23,26-34H,15-18H2,1-14H3;/q-2;+2. The van der Waals surface area contributed by atoms with Crippen molar-refractivity contribution in [2.24, 2.45) is 0 Å². The van der Waals surface area contributed by atoms with Crippen LogP contribution >= 0.6 is 0 Å². The van der Waals surface area contributed by atoms with Crippen LogP contribution in [0, 0.1) is 25.7 Å². The first-order valence-electron chi connectivity index (χ1n) is 23.4. The number of aryl methyl sites for hydroxylation is 4. The Hall–Kier alpha value is -5.56. The van der Waals surface area contributed by atoms with Crippen LogP contribution in [0.1, 0.15) is 163 Å². The first-order valence-corrected chi connectivity index (χ1v) is 23.4. The van der Waals surface area contributed by atoms with Crippen molar-refractivity contribution in [3.05, 3.63) is 152 Å². The maximum atomic E-state index is 5.68. The summed E-state index contributed by atoms with van der Waals surface area (Å²) in [4.78, 5) is 22.6. The van der Waals surface area contributed by atoms with Gasteiger partial charge in [-0.05, 0) is 139 Å². The molecule has 0 fully saturated rings. The van der Waals surface area contributed by atoms with E-state index in [1.54, 1.807) is 0 Å². The summed E-state index contributed by atoms with van der Waals surface area (Å²) in [5, 5.41) is 0. The van der Waals surface area contributed by atoms with E-state index in [-0.39, 0.29) is 30.3 Å². The summed E-state index contributed by atoms with van der Waals surface area (Å²) in [6.07, 6.45) is 3.39. The summed E-state index contributed by atoms with van der Waals surface area (Å²) >= 11 is 0. The monoisotopic (exact) mass is 904 g/mol. The zero-order valence-electron chi connectivity index (χ0n) is 41.4. The number of hydrogen-bond acceptors (Lipinski definition) is 2. The molecule has 8 bridgehead atoms. The average molecular weight is 907 g/mol. The average Bonchev–Trinajstić information content (AvgIpc) is 3.95. The van der Waals surface area contributed by atoms with Crippen molar-refractivity contribution < 1.29 is 19.5 Å². The van der Waals surface area contributed by atoms with E-state index in [1.165, 1.54) is 55.7 Å². The third kappa shape index (κ3) is 8.80. The van der Waals surface area contributed by atoms with Crippen molar-refractivity contribution in [1.82, 2.24) is 19.9 Å². The minimum absolute atomic E-state index is 0. The third-order valence-corrected chi connectivity index (χ3v) is 13.6. The number of hydrogen-bond donors (Lipinski definition) is 0. The summed E-state index contributed by atoms with van der Waals surface area (Å²) < 4.78 is 0. The molecule has 0 aliphatic carbocycles. The molecule has 2 aliphatic heterocycles. The van der Waals surface area contributed by atoms with Gasteiger partial charge in [-0.3, -0.25) is 0 Å². The molecule has 65 heavy (non-hydrogen) atoms. The van der Waals surface area contributed by atoms with E-state index < -0.39 is 0 Å². The molecule has 0 saturated heterocycles. The summed E-state index contributed by atoms with van der Waals surface area (Å²) in [6, 6.07) is 30.5. The molecule has 3 aromatic heterocycles. The van der Waals surface area contributed by atoms with Gasteiger partial charge in [-0.1, -0.05) is 164 Å². The second kappa shape index (κ2) is 18.4. The zero-order chi connectivity index (χ0) is 45.8. The minimum atomic E-state index is -0.0571. The fourth-order valence-electron chi connectivity index (χ4n) is 9.72. The normalized spacial score (nSPS) is 13.0. The van der Waals surface area contributed by atoms with E-state index in [0.29, 0.717) is 0 Å². The zero-order valence-corrected chi connectivity index (χ0v) is 44.4. The first kappa shape index (κ1) is 47.4. The van der Waals surface area contributed by atoms with Crippen LogP contribution in [-0.2, 0) is 43.1 Å². The topological polar surface area (TPSA) is 54.0 Å². The quantitative estimate of drug-likeness (QED) is 0.123. The molecule has 0 saturated carbocycles.